The van der Waals surface area contributed by atoms with Crippen molar-refractivity contribution in [3.8, 4) is 11.5 Å². The third kappa shape index (κ3) is 4.75. The van der Waals surface area contributed by atoms with Crippen LogP contribution in [0.2, 0.25) is 0 Å². The molecule has 0 saturated carbocycles. The Morgan fingerprint density at radius 2 is 1.96 bits per heavy atom. The number of methoxy groups -OCH3 is 2. The third-order valence-corrected chi connectivity index (χ3v) is 4.60. The Morgan fingerprint density at radius 1 is 1.30 bits per heavy atom. The molecule has 0 aliphatic carbocycles. The standard InChI is InChI=1S/C15H16F4N2O5S/c1-25-10-3-7(4-11(12(10)26-2)27-15(17,18)19)14(23)21-6-8(16)5-9(21)13(22)20-24/h3-4,8-9,24H,5-6H2,1-2H3,(H,20,22)/t8-,9+/m0/s1. The van der Waals surface area contributed by atoms with Gasteiger partial charge in [-0.15, -0.1) is 0 Å². The Hall–Kier alpha value is -2.21. The van der Waals surface area contributed by atoms with Crippen molar-refractivity contribution in [2.24, 2.45) is 0 Å². The number of likely N-dealkylation sites (tertiary alicyclic amines) is 1. The second-order valence-corrected chi connectivity index (χ2v) is 6.65. The fourth-order valence-corrected chi connectivity index (χ4v) is 3.46. The number of ether oxygens (including phenoxy) is 2. The van der Waals surface area contributed by atoms with Gasteiger partial charge in [-0.2, -0.15) is 13.2 Å². The predicted molar refractivity (Wildman–Crippen MR) is 85.7 cm³/mol. The van der Waals surface area contributed by atoms with Crippen molar-refractivity contribution in [3.63, 3.8) is 0 Å². The minimum atomic E-state index is -4.66. The minimum absolute atomic E-state index is 0.130. The molecule has 2 N–H and O–H groups in total. The Morgan fingerprint density at radius 3 is 2.48 bits per heavy atom. The Kier molecular flexibility index (Phi) is 6.42. The Bertz CT molecular complexity index is 731. The highest BCUT2D eigenvalue weighted by atomic mass is 32.2. The highest BCUT2D eigenvalue weighted by molar-refractivity contribution is 8.00. The first-order valence-corrected chi connectivity index (χ1v) is 8.33. The van der Waals surface area contributed by atoms with E-state index in [-0.39, 0.29) is 23.5 Å². The summed E-state index contributed by atoms with van der Waals surface area (Å²) in [5.41, 5.74) is -3.55. The van der Waals surface area contributed by atoms with Crippen LogP contribution in [0.3, 0.4) is 0 Å². The van der Waals surface area contributed by atoms with Gasteiger partial charge in [-0.25, -0.2) is 9.87 Å². The normalized spacial score (nSPS) is 19.7. The second-order valence-electron chi connectivity index (χ2n) is 5.54. The smallest absolute Gasteiger partial charge is 0.446 e. The molecule has 1 saturated heterocycles. The van der Waals surface area contributed by atoms with Crippen LogP contribution in [0.25, 0.3) is 0 Å². The molecule has 0 radical (unpaired) electrons. The number of thioether (sulfide) groups is 1. The van der Waals surface area contributed by atoms with Gasteiger partial charge in [-0.05, 0) is 23.9 Å². The lowest BCUT2D eigenvalue weighted by Gasteiger charge is -2.23. The molecule has 2 atom stereocenters. The molecule has 2 amide bonds. The molecule has 1 aliphatic rings. The van der Waals surface area contributed by atoms with E-state index in [2.05, 4.69) is 0 Å². The quantitative estimate of drug-likeness (QED) is 0.334. The SMILES string of the molecule is COc1cc(C(=O)N2C[C@@H](F)C[C@@H]2C(=O)NO)cc(SC(F)(F)F)c1OC. The number of amides is 2. The van der Waals surface area contributed by atoms with Crippen LogP contribution in [-0.2, 0) is 4.79 Å². The number of nitrogens with one attached hydrogen (secondary N) is 1. The molecule has 1 aromatic carbocycles. The summed E-state index contributed by atoms with van der Waals surface area (Å²) in [7, 11) is 2.33. The highest BCUT2D eigenvalue weighted by Gasteiger charge is 2.41. The van der Waals surface area contributed by atoms with Gasteiger partial charge < -0.3 is 14.4 Å². The molecule has 27 heavy (non-hydrogen) atoms. The first-order chi connectivity index (χ1) is 12.6. The molecule has 2 rings (SSSR count). The average molecular weight is 412 g/mol. The molecule has 0 spiro atoms. The summed E-state index contributed by atoms with van der Waals surface area (Å²) in [4.78, 5) is 24.8. The van der Waals surface area contributed by atoms with Crippen molar-refractivity contribution >= 4 is 23.6 Å². The summed E-state index contributed by atoms with van der Waals surface area (Å²) in [6.45, 7) is -0.437. The molecular weight excluding hydrogens is 396 g/mol. The van der Waals surface area contributed by atoms with E-state index in [1.165, 1.54) is 12.6 Å². The fourth-order valence-electron chi connectivity index (χ4n) is 2.75. The summed E-state index contributed by atoms with van der Waals surface area (Å²) in [5, 5.41) is 8.75. The van der Waals surface area contributed by atoms with E-state index >= 15 is 0 Å². The molecule has 0 aromatic heterocycles. The van der Waals surface area contributed by atoms with Gasteiger partial charge >= 0.3 is 5.51 Å². The van der Waals surface area contributed by atoms with Crippen molar-refractivity contribution in [2.45, 2.75) is 29.0 Å². The van der Waals surface area contributed by atoms with Crippen molar-refractivity contribution in [1.82, 2.24) is 10.4 Å². The molecule has 150 valence electrons. The number of rotatable bonds is 5. The van der Waals surface area contributed by atoms with E-state index in [0.717, 1.165) is 24.1 Å². The van der Waals surface area contributed by atoms with Gasteiger partial charge in [-0.3, -0.25) is 14.8 Å². The number of halogens is 4. The lowest BCUT2D eigenvalue weighted by Crippen LogP contribution is -2.45. The lowest BCUT2D eigenvalue weighted by atomic mass is 10.1. The van der Waals surface area contributed by atoms with Gasteiger partial charge in [0, 0.05) is 12.0 Å². The van der Waals surface area contributed by atoms with Crippen LogP contribution in [0.5, 0.6) is 11.5 Å². The first-order valence-electron chi connectivity index (χ1n) is 7.52. The summed E-state index contributed by atoms with van der Waals surface area (Å²) in [6.07, 6.45) is -1.85. The number of carbonyl (C=O) groups is 2. The second kappa shape index (κ2) is 8.21. The number of hydrogen-bond donors (Lipinski definition) is 2. The number of hydroxylamine groups is 1. The van der Waals surface area contributed by atoms with Gasteiger partial charge in [0.05, 0.1) is 25.7 Å². The zero-order chi connectivity index (χ0) is 20.4. The number of carbonyl (C=O) groups excluding carboxylic acids is 2. The topological polar surface area (TPSA) is 88.1 Å². The van der Waals surface area contributed by atoms with Gasteiger partial charge in [0.25, 0.3) is 11.8 Å². The molecule has 0 bridgehead atoms. The van der Waals surface area contributed by atoms with Crippen LogP contribution >= 0.6 is 11.8 Å². The highest BCUT2D eigenvalue weighted by Crippen LogP contribution is 2.46. The van der Waals surface area contributed by atoms with Crippen molar-refractivity contribution in [1.29, 1.82) is 0 Å². The van der Waals surface area contributed by atoms with Crippen molar-refractivity contribution in [3.05, 3.63) is 17.7 Å². The molecule has 1 aromatic rings. The van der Waals surface area contributed by atoms with Crippen LogP contribution in [0.1, 0.15) is 16.8 Å². The molecule has 0 unspecified atom stereocenters. The minimum Gasteiger partial charge on any atom is -0.493 e. The van der Waals surface area contributed by atoms with Gasteiger partial charge in [0.15, 0.2) is 11.5 Å². The van der Waals surface area contributed by atoms with E-state index < -0.39 is 52.7 Å². The molecule has 7 nitrogen and oxygen atoms in total. The lowest BCUT2D eigenvalue weighted by molar-refractivity contribution is -0.133. The number of nitrogens with zero attached hydrogens (tertiary/aromatic N) is 1. The van der Waals surface area contributed by atoms with Crippen LogP contribution in [0.4, 0.5) is 17.6 Å². The third-order valence-electron chi connectivity index (χ3n) is 3.84. The molecular formula is C15H16F4N2O5S. The monoisotopic (exact) mass is 412 g/mol. The zero-order valence-electron chi connectivity index (χ0n) is 14.2. The Balaban J connectivity index is 2.46. The zero-order valence-corrected chi connectivity index (χ0v) is 15.0. The number of hydrogen-bond acceptors (Lipinski definition) is 6. The summed E-state index contributed by atoms with van der Waals surface area (Å²) in [6, 6.07) is 0.784. The maximum atomic E-state index is 13.7. The van der Waals surface area contributed by atoms with E-state index in [1.807, 2.05) is 0 Å². The summed E-state index contributed by atoms with van der Waals surface area (Å²) in [5.74, 6) is -2.22. The predicted octanol–water partition coefficient (Wildman–Crippen LogP) is 2.37. The number of alkyl halides is 4. The van der Waals surface area contributed by atoms with Crippen LogP contribution in [-0.4, -0.2) is 60.4 Å². The number of benzene rings is 1. The van der Waals surface area contributed by atoms with E-state index in [4.69, 9.17) is 14.7 Å². The largest absolute Gasteiger partial charge is 0.493 e. The molecule has 1 heterocycles. The van der Waals surface area contributed by atoms with Crippen LogP contribution < -0.4 is 15.0 Å². The van der Waals surface area contributed by atoms with E-state index in [1.54, 1.807) is 0 Å². The van der Waals surface area contributed by atoms with E-state index in [0.29, 0.717) is 0 Å². The average Bonchev–Trinajstić information content (AvgIpc) is 2.99. The van der Waals surface area contributed by atoms with Crippen LogP contribution in [0.15, 0.2) is 17.0 Å². The van der Waals surface area contributed by atoms with Gasteiger partial charge in [0.2, 0.25) is 0 Å². The summed E-state index contributed by atoms with van der Waals surface area (Å²) >= 11 is -0.501. The van der Waals surface area contributed by atoms with E-state index in [9.17, 15) is 27.2 Å². The molecule has 1 aliphatic heterocycles. The van der Waals surface area contributed by atoms with Crippen molar-refractivity contribution in [2.75, 3.05) is 20.8 Å². The van der Waals surface area contributed by atoms with Gasteiger partial charge in [-0.1, -0.05) is 0 Å². The fraction of sp³-hybridized carbons (Fsp3) is 0.467. The van der Waals surface area contributed by atoms with Crippen LogP contribution in [0, 0.1) is 0 Å². The maximum absolute atomic E-state index is 13.7. The molecule has 12 heteroatoms. The molecule has 1 fully saturated rings. The Labute approximate surface area is 155 Å². The summed E-state index contributed by atoms with van der Waals surface area (Å²) < 4.78 is 62.1. The van der Waals surface area contributed by atoms with Gasteiger partial charge in [0.1, 0.15) is 12.2 Å². The van der Waals surface area contributed by atoms with Crippen molar-refractivity contribution < 1.29 is 41.8 Å². The maximum Gasteiger partial charge on any atom is 0.446 e. The first kappa shape index (κ1) is 21.1.